The fraction of sp³-hybridized carbons (Fsp3) is 0.500. The minimum Gasteiger partial charge on any atom is -0.331 e. The van der Waals surface area contributed by atoms with Gasteiger partial charge in [-0.05, 0) is 38.0 Å². The summed E-state index contributed by atoms with van der Waals surface area (Å²) in [5.41, 5.74) is 3.30. The first kappa shape index (κ1) is 21.3. The van der Waals surface area contributed by atoms with Crippen molar-refractivity contribution in [2.24, 2.45) is 0 Å². The fourth-order valence-electron chi connectivity index (χ4n) is 4.45. The molecule has 1 saturated heterocycles. The quantitative estimate of drug-likeness (QED) is 0.525. The molecular weight excluding hydrogens is 446 g/mol. The number of nitrogens with zero attached hydrogens (tertiary/aromatic N) is 5. The van der Waals surface area contributed by atoms with Crippen LogP contribution in [0.15, 0.2) is 12.3 Å². The van der Waals surface area contributed by atoms with Gasteiger partial charge in [0.15, 0.2) is 11.6 Å². The first-order chi connectivity index (χ1) is 15.5. The minimum atomic E-state index is -0.233. The molecule has 10 heteroatoms. The van der Waals surface area contributed by atoms with Gasteiger partial charge in [0.05, 0.1) is 24.4 Å². The van der Waals surface area contributed by atoms with Gasteiger partial charge in [-0.1, -0.05) is 25.4 Å². The van der Waals surface area contributed by atoms with Crippen LogP contribution in [-0.2, 0) is 24.1 Å². The number of anilines is 3. The molecule has 1 unspecified atom stereocenters. The lowest BCUT2D eigenvalue weighted by Gasteiger charge is -2.24. The van der Waals surface area contributed by atoms with Crippen LogP contribution in [0.3, 0.4) is 0 Å². The summed E-state index contributed by atoms with van der Waals surface area (Å²) in [5, 5.41) is 11.6. The number of H-pyrrole nitrogens is 1. The van der Waals surface area contributed by atoms with Crippen LogP contribution in [0.5, 0.6) is 0 Å². The maximum atomic E-state index is 13.1. The number of aromatic nitrogens is 5. The molecule has 3 aromatic rings. The molecule has 1 atom stereocenters. The molecule has 1 fully saturated rings. The summed E-state index contributed by atoms with van der Waals surface area (Å²) in [6, 6.07) is 1.79. The third-order valence-electron chi connectivity index (χ3n) is 6.12. The van der Waals surface area contributed by atoms with Gasteiger partial charge in [-0.25, -0.2) is 9.97 Å². The molecule has 2 aliphatic rings. The van der Waals surface area contributed by atoms with Crippen LogP contribution >= 0.6 is 22.9 Å². The second kappa shape index (κ2) is 8.78. The molecule has 0 saturated carbocycles. The Hall–Kier alpha value is -2.52. The van der Waals surface area contributed by atoms with Gasteiger partial charge in [-0.15, -0.1) is 11.3 Å². The molecule has 2 N–H and O–H groups in total. The predicted molar refractivity (Wildman–Crippen MR) is 126 cm³/mol. The van der Waals surface area contributed by atoms with E-state index in [0.717, 1.165) is 72.2 Å². The second-order valence-corrected chi connectivity index (χ2v) is 10.4. The van der Waals surface area contributed by atoms with Crippen molar-refractivity contribution in [3.63, 3.8) is 0 Å². The number of aromatic amines is 1. The number of thiazole rings is 1. The summed E-state index contributed by atoms with van der Waals surface area (Å²) in [4.78, 5) is 29.1. The van der Waals surface area contributed by atoms with E-state index in [1.807, 2.05) is 6.07 Å². The first-order valence-corrected chi connectivity index (χ1v) is 12.3. The Balaban J connectivity index is 1.41. The average molecular weight is 472 g/mol. The van der Waals surface area contributed by atoms with E-state index in [2.05, 4.69) is 39.2 Å². The lowest BCUT2D eigenvalue weighted by Crippen LogP contribution is -2.38. The van der Waals surface area contributed by atoms with E-state index < -0.39 is 0 Å². The van der Waals surface area contributed by atoms with Gasteiger partial charge in [-0.3, -0.25) is 9.89 Å². The number of aryl methyl sites for hydroxylation is 1. The summed E-state index contributed by atoms with van der Waals surface area (Å²) in [6.45, 7) is 5.02. The third-order valence-corrected chi connectivity index (χ3v) is 7.23. The van der Waals surface area contributed by atoms with Crippen molar-refractivity contribution in [1.82, 2.24) is 25.1 Å². The van der Waals surface area contributed by atoms with Crippen molar-refractivity contribution in [2.45, 2.75) is 64.3 Å². The normalized spacial score (nSPS) is 17.9. The Kier molecular flexibility index (Phi) is 5.86. The average Bonchev–Trinajstić information content (AvgIpc) is 3.54. The number of carbonyl (C=O) groups excluding carboxylic acids is 1. The zero-order valence-electron chi connectivity index (χ0n) is 18.2. The first-order valence-electron chi connectivity index (χ1n) is 11.1. The van der Waals surface area contributed by atoms with Crippen LogP contribution in [0.2, 0.25) is 4.34 Å². The predicted octanol–water partition coefficient (Wildman–Crippen LogP) is 4.45. The van der Waals surface area contributed by atoms with Crippen LogP contribution in [-0.4, -0.2) is 43.5 Å². The van der Waals surface area contributed by atoms with Crippen LogP contribution in [0.1, 0.15) is 61.0 Å². The van der Waals surface area contributed by atoms with E-state index in [0.29, 0.717) is 22.6 Å². The highest BCUT2D eigenvalue weighted by molar-refractivity contribution is 7.15. The van der Waals surface area contributed by atoms with Crippen LogP contribution in [0.4, 0.5) is 17.6 Å². The van der Waals surface area contributed by atoms with Gasteiger partial charge in [0, 0.05) is 23.9 Å². The monoisotopic (exact) mass is 471 g/mol. The van der Waals surface area contributed by atoms with Gasteiger partial charge in [0.25, 0.3) is 0 Å². The van der Waals surface area contributed by atoms with E-state index in [9.17, 15) is 4.79 Å². The van der Waals surface area contributed by atoms with Gasteiger partial charge in [0.1, 0.15) is 15.2 Å². The zero-order chi connectivity index (χ0) is 22.2. The molecule has 1 aliphatic heterocycles. The van der Waals surface area contributed by atoms with E-state index >= 15 is 0 Å². The molecule has 32 heavy (non-hydrogen) atoms. The van der Waals surface area contributed by atoms with Gasteiger partial charge >= 0.3 is 0 Å². The van der Waals surface area contributed by atoms with Crippen molar-refractivity contribution < 1.29 is 4.79 Å². The number of carbonyl (C=O) groups is 1. The SMILES string of the molecule is CC(C)c1cc(Nc2nc(N3CCCC3C(=O)Cc3ncc(Cl)s3)nc3c2CCC3)n[nH]1. The Morgan fingerprint density at radius 3 is 2.97 bits per heavy atom. The number of Topliss-reactive ketones (excluding diaryl/α,β-unsaturated/α-hetero) is 1. The van der Waals surface area contributed by atoms with E-state index in [1.165, 1.54) is 11.3 Å². The topological polar surface area (TPSA) is 99.7 Å². The highest BCUT2D eigenvalue weighted by atomic mass is 35.5. The zero-order valence-corrected chi connectivity index (χ0v) is 19.8. The number of hydrogen-bond acceptors (Lipinski definition) is 8. The van der Waals surface area contributed by atoms with Crippen molar-refractivity contribution in [2.75, 3.05) is 16.8 Å². The second-order valence-electron chi connectivity index (χ2n) is 8.69. The lowest BCUT2D eigenvalue weighted by molar-refractivity contribution is -0.119. The molecule has 3 aromatic heterocycles. The van der Waals surface area contributed by atoms with Gasteiger partial charge in [0.2, 0.25) is 5.95 Å². The van der Waals surface area contributed by atoms with Crippen molar-refractivity contribution in [3.8, 4) is 0 Å². The van der Waals surface area contributed by atoms with E-state index in [4.69, 9.17) is 21.6 Å². The summed E-state index contributed by atoms with van der Waals surface area (Å²) in [5.74, 6) is 2.69. The molecule has 0 bridgehead atoms. The molecule has 8 nitrogen and oxygen atoms in total. The summed E-state index contributed by atoms with van der Waals surface area (Å²) in [7, 11) is 0. The van der Waals surface area contributed by atoms with Crippen molar-refractivity contribution >= 4 is 46.3 Å². The van der Waals surface area contributed by atoms with E-state index in [-0.39, 0.29) is 11.8 Å². The molecule has 1 aliphatic carbocycles. The highest BCUT2D eigenvalue weighted by Crippen LogP contribution is 2.33. The number of hydrogen-bond donors (Lipinski definition) is 2. The number of ketones is 1. The summed E-state index contributed by atoms with van der Waals surface area (Å²) in [6.07, 6.45) is 6.58. The molecular formula is C22H26ClN7OS. The van der Waals surface area contributed by atoms with Crippen LogP contribution in [0.25, 0.3) is 0 Å². The van der Waals surface area contributed by atoms with Crippen molar-refractivity contribution in [1.29, 1.82) is 0 Å². The lowest BCUT2D eigenvalue weighted by atomic mass is 10.1. The minimum absolute atomic E-state index is 0.140. The van der Waals surface area contributed by atoms with Gasteiger partial charge in [-0.2, -0.15) is 10.1 Å². The molecule has 0 radical (unpaired) electrons. The standard InChI is InChI=1S/C22H26ClN7OS/c1-12(2)15-9-19(29-28-15)26-21-13-5-3-6-14(13)25-22(27-21)30-8-4-7-16(30)17(31)10-20-24-11-18(23)32-20/h9,11-12,16H,3-8,10H2,1-2H3,(H2,25,26,27,28,29). The Morgan fingerprint density at radius 2 is 2.22 bits per heavy atom. The Bertz CT molecular complexity index is 1140. The molecule has 4 heterocycles. The third kappa shape index (κ3) is 4.23. The van der Waals surface area contributed by atoms with Crippen molar-refractivity contribution in [3.05, 3.63) is 38.6 Å². The number of rotatable bonds is 7. The van der Waals surface area contributed by atoms with Crippen LogP contribution in [0, 0.1) is 0 Å². The number of halogens is 1. The molecule has 0 amide bonds. The maximum absolute atomic E-state index is 13.1. The summed E-state index contributed by atoms with van der Waals surface area (Å²) >= 11 is 7.34. The molecule has 168 valence electrons. The number of nitrogens with one attached hydrogen (secondary N) is 2. The highest BCUT2D eigenvalue weighted by Gasteiger charge is 2.34. The molecule has 0 aromatic carbocycles. The molecule has 0 spiro atoms. The van der Waals surface area contributed by atoms with Gasteiger partial charge < -0.3 is 10.2 Å². The Labute approximate surface area is 195 Å². The van der Waals surface area contributed by atoms with Crippen LogP contribution < -0.4 is 10.2 Å². The fourth-order valence-corrected chi connectivity index (χ4v) is 5.41. The Morgan fingerprint density at radius 1 is 1.34 bits per heavy atom. The molecule has 5 rings (SSSR count). The maximum Gasteiger partial charge on any atom is 0.228 e. The largest absolute Gasteiger partial charge is 0.331 e. The summed E-state index contributed by atoms with van der Waals surface area (Å²) < 4.78 is 0.604. The van der Waals surface area contributed by atoms with E-state index in [1.54, 1.807) is 6.20 Å². The number of fused-ring (bicyclic) bond motifs is 1. The smallest absolute Gasteiger partial charge is 0.228 e.